The molecule has 0 spiro atoms. The average molecular weight is 886 g/mol. The molecular formula is C58H95NO5. The van der Waals surface area contributed by atoms with Crippen molar-refractivity contribution in [2.45, 2.75) is 225 Å². The Morgan fingerprint density at radius 2 is 0.906 bits per heavy atom. The van der Waals surface area contributed by atoms with E-state index >= 15 is 0 Å². The van der Waals surface area contributed by atoms with E-state index in [1.807, 2.05) is 91.1 Å². The number of carbonyl (C=O) groups excluding carboxylic acids is 2. The van der Waals surface area contributed by atoms with Gasteiger partial charge in [0.2, 0.25) is 5.91 Å². The number of ether oxygens (including phenoxy) is 1. The standard InChI is InChI=1S/C58H95NO5/c1-4-7-10-13-16-19-22-24-26-28-29-31-33-36-39-42-45-48-51-58(63)64-54(49-46-43-40-37-34-21-18-15-12-9-6-3)52-57(62)59-55(53-60)56(61)50-47-44-41-38-35-32-30-27-25-23-20-17-14-11-8-5-2/h9-10,12-13,15-16,18-19,21-22,24,26,28-29,31,34,37,40,43,46,54-56,60-61H,4-8,11,14,17,20,23,25,27,30,32-33,35-36,38-39,41-42,44-45,47-53H2,1-3H3,(H,59,62)/b12-9+,13-10+,18-15+,19-16+,24-22+,28-26+,31-29+,34-21-,40-37-,46-43+. The summed E-state index contributed by atoms with van der Waals surface area (Å²) in [7, 11) is 0. The molecule has 362 valence electrons. The van der Waals surface area contributed by atoms with Crippen LogP contribution in [0.3, 0.4) is 0 Å². The summed E-state index contributed by atoms with van der Waals surface area (Å²) in [5.41, 5.74) is 0. The van der Waals surface area contributed by atoms with Crippen molar-refractivity contribution < 1.29 is 24.5 Å². The van der Waals surface area contributed by atoms with Crippen LogP contribution in [0, 0.1) is 0 Å². The van der Waals surface area contributed by atoms with Crippen molar-refractivity contribution in [1.29, 1.82) is 0 Å². The Bertz CT molecular complexity index is 1360. The zero-order valence-corrected chi connectivity index (χ0v) is 41.1. The highest BCUT2D eigenvalue weighted by atomic mass is 16.5. The van der Waals surface area contributed by atoms with E-state index in [4.69, 9.17) is 4.74 Å². The summed E-state index contributed by atoms with van der Waals surface area (Å²) in [6.07, 6.45) is 69.9. The molecule has 0 aromatic carbocycles. The van der Waals surface area contributed by atoms with Gasteiger partial charge >= 0.3 is 5.97 Å². The van der Waals surface area contributed by atoms with Crippen LogP contribution in [0.4, 0.5) is 0 Å². The molecule has 1 amide bonds. The third-order valence-corrected chi connectivity index (χ3v) is 11.0. The Hall–Kier alpha value is -3.74. The first-order chi connectivity index (χ1) is 31.5. The normalized spacial score (nSPS) is 14.3. The Morgan fingerprint density at radius 1 is 0.484 bits per heavy atom. The number of hydrogen-bond donors (Lipinski definition) is 3. The minimum atomic E-state index is -0.830. The molecule has 0 aromatic rings. The Labute approximate surface area is 393 Å². The van der Waals surface area contributed by atoms with E-state index in [9.17, 15) is 19.8 Å². The summed E-state index contributed by atoms with van der Waals surface area (Å²) in [4.78, 5) is 26.1. The van der Waals surface area contributed by atoms with Crippen molar-refractivity contribution in [2.24, 2.45) is 0 Å². The lowest BCUT2D eigenvalue weighted by Gasteiger charge is -2.24. The predicted molar refractivity (Wildman–Crippen MR) is 277 cm³/mol. The van der Waals surface area contributed by atoms with Gasteiger partial charge in [-0.05, 0) is 38.5 Å². The first-order valence-corrected chi connectivity index (χ1v) is 25.9. The predicted octanol–water partition coefficient (Wildman–Crippen LogP) is 15.7. The zero-order chi connectivity index (χ0) is 46.7. The molecule has 3 N–H and O–H groups in total. The molecular weight excluding hydrogens is 791 g/mol. The van der Waals surface area contributed by atoms with Crippen LogP contribution in [-0.2, 0) is 14.3 Å². The summed E-state index contributed by atoms with van der Waals surface area (Å²) >= 11 is 0. The molecule has 0 aromatic heterocycles. The van der Waals surface area contributed by atoms with E-state index < -0.39 is 18.2 Å². The molecule has 0 bridgehead atoms. The van der Waals surface area contributed by atoms with Gasteiger partial charge in [-0.25, -0.2) is 0 Å². The van der Waals surface area contributed by atoms with Crippen LogP contribution in [-0.4, -0.2) is 46.9 Å². The minimum Gasteiger partial charge on any atom is -0.461 e. The van der Waals surface area contributed by atoms with E-state index in [0.717, 1.165) is 70.6 Å². The van der Waals surface area contributed by atoms with Crippen molar-refractivity contribution >= 4 is 11.9 Å². The fraction of sp³-hybridized carbons (Fsp3) is 0.621. The van der Waals surface area contributed by atoms with E-state index in [1.165, 1.54) is 89.9 Å². The molecule has 3 unspecified atom stereocenters. The molecule has 0 saturated heterocycles. The molecule has 0 heterocycles. The maximum absolute atomic E-state index is 13.2. The highest BCUT2D eigenvalue weighted by Crippen LogP contribution is 2.16. The molecule has 0 rings (SSSR count). The molecule has 0 aliphatic rings. The quantitative estimate of drug-likeness (QED) is 0.0322. The van der Waals surface area contributed by atoms with Crippen LogP contribution in [0.15, 0.2) is 122 Å². The summed E-state index contributed by atoms with van der Waals surface area (Å²) in [6, 6.07) is -0.753. The second-order valence-electron chi connectivity index (χ2n) is 17.1. The maximum Gasteiger partial charge on any atom is 0.306 e. The fourth-order valence-electron chi connectivity index (χ4n) is 7.13. The molecule has 0 fully saturated rings. The van der Waals surface area contributed by atoms with E-state index in [-0.39, 0.29) is 24.9 Å². The van der Waals surface area contributed by atoms with Gasteiger partial charge in [0.25, 0.3) is 0 Å². The number of nitrogens with one attached hydrogen (secondary N) is 1. The third-order valence-electron chi connectivity index (χ3n) is 11.0. The zero-order valence-electron chi connectivity index (χ0n) is 41.1. The largest absolute Gasteiger partial charge is 0.461 e. The summed E-state index contributed by atoms with van der Waals surface area (Å²) < 4.78 is 5.83. The van der Waals surface area contributed by atoms with Crippen LogP contribution in [0.2, 0.25) is 0 Å². The molecule has 6 heteroatoms. The topological polar surface area (TPSA) is 95.9 Å². The van der Waals surface area contributed by atoms with Crippen LogP contribution >= 0.6 is 0 Å². The number of hydrogen-bond acceptors (Lipinski definition) is 5. The Morgan fingerprint density at radius 3 is 1.39 bits per heavy atom. The van der Waals surface area contributed by atoms with Crippen LogP contribution in [0.25, 0.3) is 0 Å². The first kappa shape index (κ1) is 60.3. The van der Waals surface area contributed by atoms with Gasteiger partial charge in [0.05, 0.1) is 25.2 Å². The second-order valence-corrected chi connectivity index (χ2v) is 17.1. The summed E-state index contributed by atoms with van der Waals surface area (Å²) in [6.45, 7) is 6.20. The van der Waals surface area contributed by atoms with Gasteiger partial charge < -0.3 is 20.3 Å². The van der Waals surface area contributed by atoms with Gasteiger partial charge in [-0.1, -0.05) is 271 Å². The van der Waals surface area contributed by atoms with Gasteiger partial charge in [0.15, 0.2) is 0 Å². The smallest absolute Gasteiger partial charge is 0.306 e. The summed E-state index contributed by atoms with van der Waals surface area (Å²) in [5, 5.41) is 23.7. The van der Waals surface area contributed by atoms with Gasteiger partial charge in [-0.2, -0.15) is 0 Å². The maximum atomic E-state index is 13.2. The van der Waals surface area contributed by atoms with Gasteiger partial charge in [0.1, 0.15) is 6.10 Å². The lowest BCUT2D eigenvalue weighted by Crippen LogP contribution is -2.46. The first-order valence-electron chi connectivity index (χ1n) is 25.9. The van der Waals surface area contributed by atoms with Crippen molar-refractivity contribution in [1.82, 2.24) is 5.32 Å². The number of rotatable bonds is 44. The number of unbranched alkanes of at least 4 members (excludes halogenated alkanes) is 21. The molecule has 64 heavy (non-hydrogen) atoms. The van der Waals surface area contributed by atoms with E-state index in [2.05, 4.69) is 56.5 Å². The molecule has 6 nitrogen and oxygen atoms in total. The van der Waals surface area contributed by atoms with Gasteiger partial charge in [-0.15, -0.1) is 0 Å². The van der Waals surface area contributed by atoms with Crippen LogP contribution in [0.1, 0.15) is 207 Å². The SMILES string of the molecule is CC/C=C/C=C/C=C\C=C/C=C/CC(CC(=O)NC(CO)C(O)CCCCCCCCCCCCCCCCCC)OC(=O)CCCCCCC/C=C/C=C/C=C/C=C/C=C/CCC. The lowest BCUT2D eigenvalue weighted by atomic mass is 10.0. The molecule has 0 saturated carbocycles. The van der Waals surface area contributed by atoms with Crippen LogP contribution in [0.5, 0.6) is 0 Å². The van der Waals surface area contributed by atoms with Gasteiger partial charge in [-0.3, -0.25) is 9.59 Å². The number of carbonyl (C=O) groups is 2. The summed E-state index contributed by atoms with van der Waals surface area (Å²) in [5.74, 6) is -0.648. The van der Waals surface area contributed by atoms with Crippen LogP contribution < -0.4 is 5.32 Å². The number of allylic oxidation sites excluding steroid dienone is 19. The molecule has 0 radical (unpaired) electrons. The number of amides is 1. The molecule has 0 aliphatic heterocycles. The lowest BCUT2D eigenvalue weighted by molar-refractivity contribution is -0.150. The highest BCUT2D eigenvalue weighted by Gasteiger charge is 2.23. The molecule has 3 atom stereocenters. The van der Waals surface area contributed by atoms with E-state index in [1.54, 1.807) is 0 Å². The number of aliphatic hydroxyl groups excluding tert-OH is 2. The van der Waals surface area contributed by atoms with Crippen molar-refractivity contribution in [3.63, 3.8) is 0 Å². The second kappa shape index (κ2) is 50.3. The van der Waals surface area contributed by atoms with Crippen molar-refractivity contribution in [3.05, 3.63) is 122 Å². The molecule has 0 aliphatic carbocycles. The monoisotopic (exact) mass is 886 g/mol. The van der Waals surface area contributed by atoms with Crippen molar-refractivity contribution in [2.75, 3.05) is 6.61 Å². The third kappa shape index (κ3) is 44.9. The minimum absolute atomic E-state index is 0.0369. The van der Waals surface area contributed by atoms with E-state index in [0.29, 0.717) is 19.3 Å². The average Bonchev–Trinajstić information content (AvgIpc) is 3.29. The fourth-order valence-corrected chi connectivity index (χ4v) is 7.13. The van der Waals surface area contributed by atoms with Gasteiger partial charge in [0, 0.05) is 12.8 Å². The van der Waals surface area contributed by atoms with Crippen molar-refractivity contribution in [3.8, 4) is 0 Å². The Kier molecular flexibility index (Phi) is 47.3. The number of esters is 1. The number of aliphatic hydroxyl groups is 2. The highest BCUT2D eigenvalue weighted by molar-refractivity contribution is 5.77. The Balaban J connectivity index is 4.68.